The van der Waals surface area contributed by atoms with E-state index in [1.165, 1.54) is 24.8 Å². The molecule has 1 aliphatic rings. The molecule has 3 nitrogen and oxygen atoms in total. The van der Waals surface area contributed by atoms with Crippen molar-refractivity contribution in [1.82, 2.24) is 15.5 Å². The Kier molecular flexibility index (Phi) is 2.32. The summed E-state index contributed by atoms with van der Waals surface area (Å²) in [6, 6.07) is 2.55. The van der Waals surface area contributed by atoms with Crippen LogP contribution in [-0.4, -0.2) is 16.7 Å². The molecule has 0 bridgehead atoms. The average molecular weight is 163 g/mol. The van der Waals surface area contributed by atoms with Gasteiger partial charge in [0.2, 0.25) is 0 Å². The summed E-state index contributed by atoms with van der Waals surface area (Å²) in [6.45, 7) is 1.13. The van der Waals surface area contributed by atoms with Crippen LogP contribution in [0.1, 0.15) is 30.9 Å². The number of piperidine rings is 1. The zero-order valence-corrected chi connectivity index (χ0v) is 7.03. The number of nitrogens with zero attached hydrogens (tertiary/aromatic N) is 2. The SMILES string of the molecule is c1cc([C@H]2CCCCN2)cnn1. The summed E-state index contributed by atoms with van der Waals surface area (Å²) in [6.07, 6.45) is 7.45. The van der Waals surface area contributed by atoms with E-state index < -0.39 is 0 Å². The van der Waals surface area contributed by atoms with Crippen LogP contribution in [0.5, 0.6) is 0 Å². The van der Waals surface area contributed by atoms with Crippen molar-refractivity contribution in [2.24, 2.45) is 0 Å². The van der Waals surface area contributed by atoms with Gasteiger partial charge < -0.3 is 5.32 Å². The summed E-state index contributed by atoms with van der Waals surface area (Å²) >= 11 is 0. The molecule has 3 heteroatoms. The molecule has 2 rings (SSSR count). The van der Waals surface area contributed by atoms with E-state index in [1.807, 2.05) is 12.3 Å². The highest BCUT2D eigenvalue weighted by atomic mass is 15.1. The molecule has 2 heterocycles. The van der Waals surface area contributed by atoms with Gasteiger partial charge in [-0.25, -0.2) is 0 Å². The Labute approximate surface area is 72.2 Å². The first kappa shape index (κ1) is 7.68. The molecular weight excluding hydrogens is 150 g/mol. The molecular formula is C9H13N3. The van der Waals surface area contributed by atoms with E-state index in [0.29, 0.717) is 6.04 Å². The third kappa shape index (κ3) is 1.61. The molecule has 1 atom stereocenters. The van der Waals surface area contributed by atoms with E-state index >= 15 is 0 Å². The Bertz CT molecular complexity index is 229. The summed E-state index contributed by atoms with van der Waals surface area (Å²) in [5, 5.41) is 11.1. The van der Waals surface area contributed by atoms with Crippen LogP contribution in [-0.2, 0) is 0 Å². The lowest BCUT2D eigenvalue weighted by Gasteiger charge is -2.22. The van der Waals surface area contributed by atoms with Crippen LogP contribution in [0.2, 0.25) is 0 Å². The van der Waals surface area contributed by atoms with Gasteiger partial charge in [0, 0.05) is 12.2 Å². The van der Waals surface area contributed by atoms with Crippen LogP contribution in [0.25, 0.3) is 0 Å². The second-order valence-corrected chi connectivity index (χ2v) is 3.18. The maximum Gasteiger partial charge on any atom is 0.0544 e. The lowest BCUT2D eigenvalue weighted by atomic mass is 9.99. The normalized spacial score (nSPS) is 23.8. The predicted octanol–water partition coefficient (Wildman–Crippen LogP) is 1.29. The van der Waals surface area contributed by atoms with E-state index in [1.54, 1.807) is 6.20 Å². The van der Waals surface area contributed by atoms with Gasteiger partial charge in [-0.15, -0.1) is 0 Å². The van der Waals surface area contributed by atoms with Crippen molar-refractivity contribution >= 4 is 0 Å². The van der Waals surface area contributed by atoms with Crippen molar-refractivity contribution in [3.63, 3.8) is 0 Å². The van der Waals surface area contributed by atoms with Gasteiger partial charge >= 0.3 is 0 Å². The summed E-state index contributed by atoms with van der Waals surface area (Å²) in [4.78, 5) is 0. The molecule has 12 heavy (non-hydrogen) atoms. The van der Waals surface area contributed by atoms with Crippen LogP contribution in [0.4, 0.5) is 0 Å². The van der Waals surface area contributed by atoms with Gasteiger partial charge in [0.25, 0.3) is 0 Å². The van der Waals surface area contributed by atoms with Gasteiger partial charge in [-0.1, -0.05) is 6.42 Å². The van der Waals surface area contributed by atoms with Crippen LogP contribution in [0, 0.1) is 0 Å². The van der Waals surface area contributed by atoms with Crippen molar-refractivity contribution in [3.8, 4) is 0 Å². The summed E-state index contributed by atoms with van der Waals surface area (Å²) in [7, 11) is 0. The summed E-state index contributed by atoms with van der Waals surface area (Å²) < 4.78 is 0. The topological polar surface area (TPSA) is 37.8 Å². The summed E-state index contributed by atoms with van der Waals surface area (Å²) in [5.74, 6) is 0. The molecule has 0 saturated carbocycles. The van der Waals surface area contributed by atoms with Crippen LogP contribution in [0.15, 0.2) is 18.5 Å². The van der Waals surface area contributed by atoms with Crippen molar-refractivity contribution < 1.29 is 0 Å². The molecule has 0 spiro atoms. The first-order chi connectivity index (χ1) is 5.97. The van der Waals surface area contributed by atoms with Crippen LogP contribution < -0.4 is 5.32 Å². The standard InChI is InChI=1S/C9H13N3/c1-2-5-10-9(3-1)8-4-6-11-12-7-8/h4,6-7,9-10H,1-3,5H2/t9-/m1/s1. The molecule has 0 unspecified atom stereocenters. The van der Waals surface area contributed by atoms with Crippen LogP contribution >= 0.6 is 0 Å². The fourth-order valence-corrected chi connectivity index (χ4v) is 1.64. The number of nitrogens with one attached hydrogen (secondary N) is 1. The monoisotopic (exact) mass is 163 g/mol. The second kappa shape index (κ2) is 3.63. The molecule has 0 aromatic carbocycles. The molecule has 0 radical (unpaired) electrons. The third-order valence-electron chi connectivity index (χ3n) is 2.32. The number of hydrogen-bond donors (Lipinski definition) is 1. The minimum atomic E-state index is 0.509. The van der Waals surface area contributed by atoms with E-state index in [9.17, 15) is 0 Å². The molecule has 1 saturated heterocycles. The van der Waals surface area contributed by atoms with Crippen molar-refractivity contribution in [3.05, 3.63) is 24.0 Å². The number of hydrogen-bond acceptors (Lipinski definition) is 3. The molecule has 0 aliphatic carbocycles. The maximum atomic E-state index is 3.87. The first-order valence-corrected chi connectivity index (χ1v) is 4.47. The Morgan fingerprint density at radius 3 is 3.00 bits per heavy atom. The largest absolute Gasteiger partial charge is 0.310 e. The molecule has 1 fully saturated rings. The zero-order chi connectivity index (χ0) is 8.23. The maximum absolute atomic E-state index is 3.87. The fraction of sp³-hybridized carbons (Fsp3) is 0.556. The highest BCUT2D eigenvalue weighted by molar-refractivity contribution is 5.11. The quantitative estimate of drug-likeness (QED) is 0.678. The van der Waals surface area contributed by atoms with Gasteiger partial charge in [-0.05, 0) is 31.0 Å². The average Bonchev–Trinajstić information content (AvgIpc) is 2.21. The number of rotatable bonds is 1. The first-order valence-electron chi connectivity index (χ1n) is 4.47. The minimum Gasteiger partial charge on any atom is -0.310 e. The van der Waals surface area contributed by atoms with Crippen LogP contribution in [0.3, 0.4) is 0 Å². The number of aromatic nitrogens is 2. The highest BCUT2D eigenvalue weighted by Gasteiger charge is 2.13. The second-order valence-electron chi connectivity index (χ2n) is 3.18. The lowest BCUT2D eigenvalue weighted by Crippen LogP contribution is -2.26. The molecule has 1 aromatic rings. The predicted molar refractivity (Wildman–Crippen MR) is 46.6 cm³/mol. The third-order valence-corrected chi connectivity index (χ3v) is 2.32. The molecule has 1 aliphatic heterocycles. The molecule has 0 amide bonds. The molecule has 1 aromatic heterocycles. The molecule has 64 valence electrons. The van der Waals surface area contributed by atoms with Crippen molar-refractivity contribution in [2.75, 3.05) is 6.54 Å². The van der Waals surface area contributed by atoms with E-state index in [-0.39, 0.29) is 0 Å². The van der Waals surface area contributed by atoms with Crippen molar-refractivity contribution in [2.45, 2.75) is 25.3 Å². The minimum absolute atomic E-state index is 0.509. The Morgan fingerprint density at radius 2 is 2.33 bits per heavy atom. The van der Waals surface area contributed by atoms with Gasteiger partial charge in [0.05, 0.1) is 6.20 Å². The fourth-order valence-electron chi connectivity index (χ4n) is 1.64. The van der Waals surface area contributed by atoms with Crippen molar-refractivity contribution in [1.29, 1.82) is 0 Å². The highest BCUT2D eigenvalue weighted by Crippen LogP contribution is 2.21. The van der Waals surface area contributed by atoms with Gasteiger partial charge in [0.15, 0.2) is 0 Å². The van der Waals surface area contributed by atoms with Gasteiger partial charge in [-0.3, -0.25) is 0 Å². The smallest absolute Gasteiger partial charge is 0.0544 e. The zero-order valence-electron chi connectivity index (χ0n) is 7.03. The molecule has 1 N–H and O–H groups in total. The van der Waals surface area contributed by atoms with E-state index in [2.05, 4.69) is 15.5 Å². The van der Waals surface area contributed by atoms with E-state index in [4.69, 9.17) is 0 Å². The Hall–Kier alpha value is -0.960. The van der Waals surface area contributed by atoms with Gasteiger partial charge in [-0.2, -0.15) is 10.2 Å². The Morgan fingerprint density at radius 1 is 1.33 bits per heavy atom. The Balaban J connectivity index is 2.08. The van der Waals surface area contributed by atoms with Gasteiger partial charge in [0.1, 0.15) is 0 Å². The summed E-state index contributed by atoms with van der Waals surface area (Å²) in [5.41, 5.74) is 1.27. The lowest BCUT2D eigenvalue weighted by molar-refractivity contribution is 0.411. The van der Waals surface area contributed by atoms with E-state index in [0.717, 1.165) is 6.54 Å².